The van der Waals surface area contributed by atoms with Gasteiger partial charge in [0.05, 0.1) is 17.6 Å². The Morgan fingerprint density at radius 3 is 2.88 bits per heavy atom. The van der Waals surface area contributed by atoms with Crippen molar-refractivity contribution in [2.75, 3.05) is 11.5 Å². The monoisotopic (exact) mass is 367 g/mol. The van der Waals surface area contributed by atoms with E-state index in [0.29, 0.717) is 30.2 Å². The molecule has 3 rings (SSSR count). The van der Waals surface area contributed by atoms with Gasteiger partial charge in [-0.2, -0.15) is 4.52 Å². The molecule has 0 unspecified atom stereocenters. The zero-order chi connectivity index (χ0) is 18.0. The molecule has 0 aliphatic carbocycles. The predicted molar refractivity (Wildman–Crippen MR) is 90.1 cm³/mol. The van der Waals surface area contributed by atoms with E-state index in [0.717, 1.165) is 0 Å². The van der Waals surface area contributed by atoms with E-state index >= 15 is 0 Å². The second-order valence-electron chi connectivity index (χ2n) is 6.39. The summed E-state index contributed by atoms with van der Waals surface area (Å²) in [6.07, 6.45) is 1.01. The Kier molecular flexibility index (Phi) is 4.89. The highest BCUT2D eigenvalue weighted by Crippen LogP contribution is 2.13. The molecule has 2 aromatic heterocycles. The largest absolute Gasteiger partial charge is 0.474 e. The summed E-state index contributed by atoms with van der Waals surface area (Å²) in [5.41, 5.74) is 0.577. The lowest BCUT2D eigenvalue weighted by atomic mass is 10.2. The Balaban J connectivity index is 1.61. The van der Waals surface area contributed by atoms with Gasteiger partial charge in [0.25, 0.3) is 0 Å². The molecule has 1 saturated heterocycles. The molecular formula is C15H21N5O4S. The van der Waals surface area contributed by atoms with E-state index in [-0.39, 0.29) is 36.0 Å². The van der Waals surface area contributed by atoms with Gasteiger partial charge in [-0.05, 0) is 26.3 Å². The number of aromatic nitrogens is 4. The minimum Gasteiger partial charge on any atom is -0.474 e. The highest BCUT2D eigenvalue weighted by atomic mass is 32.2. The molecule has 0 aromatic carbocycles. The van der Waals surface area contributed by atoms with Crippen molar-refractivity contribution in [1.82, 2.24) is 25.1 Å². The summed E-state index contributed by atoms with van der Waals surface area (Å²) in [6, 6.07) is 3.18. The van der Waals surface area contributed by atoms with Crippen LogP contribution in [0.15, 0.2) is 12.1 Å². The normalized spacial score (nSPS) is 19.4. The maximum absolute atomic E-state index is 12.0. The third kappa shape index (κ3) is 4.44. The van der Waals surface area contributed by atoms with E-state index < -0.39 is 9.84 Å². The van der Waals surface area contributed by atoms with E-state index in [4.69, 9.17) is 4.74 Å². The van der Waals surface area contributed by atoms with Crippen molar-refractivity contribution in [2.45, 2.75) is 45.3 Å². The van der Waals surface area contributed by atoms with Gasteiger partial charge in [-0.25, -0.2) is 8.42 Å². The Morgan fingerprint density at radius 2 is 2.20 bits per heavy atom. The van der Waals surface area contributed by atoms with Crippen molar-refractivity contribution in [3.8, 4) is 5.88 Å². The second-order valence-corrected chi connectivity index (χ2v) is 8.62. The number of nitrogens with one attached hydrogen (secondary N) is 1. The molecule has 136 valence electrons. The first-order valence-corrected chi connectivity index (χ1v) is 10.0. The maximum Gasteiger partial charge on any atom is 0.232 e. The van der Waals surface area contributed by atoms with Gasteiger partial charge in [0, 0.05) is 24.9 Å². The predicted octanol–water partition coefficient (Wildman–Crippen LogP) is 0.147. The van der Waals surface area contributed by atoms with Crippen LogP contribution in [0.4, 0.5) is 0 Å². The Bertz CT molecular complexity index is 877. The lowest BCUT2D eigenvalue weighted by Crippen LogP contribution is -2.35. The van der Waals surface area contributed by atoms with Gasteiger partial charge >= 0.3 is 0 Å². The van der Waals surface area contributed by atoms with Crippen LogP contribution in [0.5, 0.6) is 5.88 Å². The van der Waals surface area contributed by atoms with Crippen LogP contribution < -0.4 is 10.1 Å². The summed E-state index contributed by atoms with van der Waals surface area (Å²) in [5.74, 6) is 0.968. The fourth-order valence-electron chi connectivity index (χ4n) is 2.71. The van der Waals surface area contributed by atoms with Gasteiger partial charge in [0.2, 0.25) is 11.8 Å². The molecule has 1 aliphatic heterocycles. The Morgan fingerprint density at radius 1 is 1.40 bits per heavy atom. The summed E-state index contributed by atoms with van der Waals surface area (Å²) in [7, 11) is -3.01. The Hall–Kier alpha value is -2.23. The molecule has 1 amide bonds. The number of ether oxygens (including phenoxy) is 1. The van der Waals surface area contributed by atoms with Crippen LogP contribution in [-0.2, 0) is 21.1 Å². The molecular weight excluding hydrogens is 346 g/mol. The first kappa shape index (κ1) is 17.6. The van der Waals surface area contributed by atoms with Crippen LogP contribution in [0.3, 0.4) is 0 Å². The zero-order valence-electron chi connectivity index (χ0n) is 14.2. The van der Waals surface area contributed by atoms with Gasteiger partial charge in [-0.1, -0.05) is 0 Å². The minimum absolute atomic E-state index is 0.00153. The molecule has 2 aromatic rings. The third-order valence-electron chi connectivity index (χ3n) is 3.83. The SMILES string of the molecule is CC(C)Oc1ccc2nnc(CCC(=O)N[C@H]3CCS(=O)(=O)C3)n2n1. The van der Waals surface area contributed by atoms with Crippen LogP contribution in [0.25, 0.3) is 5.65 Å². The summed E-state index contributed by atoms with van der Waals surface area (Å²) in [5, 5.41) is 15.2. The smallest absolute Gasteiger partial charge is 0.232 e. The van der Waals surface area contributed by atoms with Gasteiger partial charge in [-0.15, -0.1) is 15.3 Å². The number of rotatable bonds is 6. The molecule has 0 radical (unpaired) electrons. The molecule has 10 heteroatoms. The third-order valence-corrected chi connectivity index (χ3v) is 5.60. The summed E-state index contributed by atoms with van der Waals surface area (Å²) >= 11 is 0. The number of hydrogen-bond acceptors (Lipinski definition) is 7. The van der Waals surface area contributed by atoms with Crippen LogP contribution in [-0.4, -0.2) is 57.8 Å². The summed E-state index contributed by atoms with van der Waals surface area (Å²) in [6.45, 7) is 3.82. The van der Waals surface area contributed by atoms with Crippen LogP contribution in [0.1, 0.15) is 32.5 Å². The first-order valence-electron chi connectivity index (χ1n) is 8.20. The number of hydrogen-bond donors (Lipinski definition) is 1. The lowest BCUT2D eigenvalue weighted by Gasteiger charge is -2.10. The average Bonchev–Trinajstić information content (AvgIpc) is 3.07. The second kappa shape index (κ2) is 6.95. The maximum atomic E-state index is 12.0. The van der Waals surface area contributed by atoms with Crippen molar-refractivity contribution >= 4 is 21.4 Å². The molecule has 1 N–H and O–H groups in total. The van der Waals surface area contributed by atoms with E-state index in [1.807, 2.05) is 13.8 Å². The number of sulfone groups is 1. The van der Waals surface area contributed by atoms with Crippen molar-refractivity contribution in [3.05, 3.63) is 18.0 Å². The molecule has 1 atom stereocenters. The quantitative estimate of drug-likeness (QED) is 0.772. The topological polar surface area (TPSA) is 116 Å². The summed E-state index contributed by atoms with van der Waals surface area (Å²) < 4.78 is 30.0. The van der Waals surface area contributed by atoms with Crippen molar-refractivity contribution in [3.63, 3.8) is 0 Å². The molecule has 0 saturated carbocycles. The number of amides is 1. The van der Waals surface area contributed by atoms with Crippen LogP contribution in [0, 0.1) is 0 Å². The van der Waals surface area contributed by atoms with Crippen LogP contribution >= 0.6 is 0 Å². The fraction of sp³-hybridized carbons (Fsp3) is 0.600. The van der Waals surface area contributed by atoms with Crippen LogP contribution in [0.2, 0.25) is 0 Å². The number of fused-ring (bicyclic) bond motifs is 1. The van der Waals surface area contributed by atoms with Gasteiger partial charge in [0.1, 0.15) is 0 Å². The molecule has 0 spiro atoms. The fourth-order valence-corrected chi connectivity index (χ4v) is 4.38. The van der Waals surface area contributed by atoms with E-state index in [1.54, 1.807) is 16.6 Å². The molecule has 1 aliphatic rings. The molecule has 0 bridgehead atoms. The average molecular weight is 367 g/mol. The highest BCUT2D eigenvalue weighted by Gasteiger charge is 2.28. The molecule has 1 fully saturated rings. The number of carbonyl (C=O) groups excluding carboxylic acids is 1. The highest BCUT2D eigenvalue weighted by molar-refractivity contribution is 7.91. The number of nitrogens with zero attached hydrogens (tertiary/aromatic N) is 4. The Labute approximate surface area is 145 Å². The van der Waals surface area contributed by atoms with Gasteiger partial charge in [0.15, 0.2) is 21.3 Å². The molecule has 3 heterocycles. The van der Waals surface area contributed by atoms with Gasteiger partial charge in [-0.3, -0.25) is 4.79 Å². The van der Waals surface area contributed by atoms with E-state index in [1.165, 1.54) is 0 Å². The number of aryl methyl sites for hydroxylation is 1. The summed E-state index contributed by atoms with van der Waals surface area (Å²) in [4.78, 5) is 12.0. The molecule has 9 nitrogen and oxygen atoms in total. The zero-order valence-corrected chi connectivity index (χ0v) is 15.0. The van der Waals surface area contributed by atoms with Crippen molar-refractivity contribution in [1.29, 1.82) is 0 Å². The van der Waals surface area contributed by atoms with Crippen molar-refractivity contribution in [2.24, 2.45) is 0 Å². The van der Waals surface area contributed by atoms with Crippen molar-refractivity contribution < 1.29 is 17.9 Å². The molecule has 25 heavy (non-hydrogen) atoms. The van der Waals surface area contributed by atoms with E-state index in [9.17, 15) is 13.2 Å². The first-order chi connectivity index (χ1) is 11.8. The lowest BCUT2D eigenvalue weighted by molar-refractivity contribution is -0.121. The standard InChI is InChI=1S/C15H21N5O4S/c1-10(2)24-15-6-4-13-18-17-12(20(13)19-15)3-5-14(21)16-11-7-8-25(22,23)9-11/h4,6,10-11H,3,5,7-9H2,1-2H3,(H,16,21)/t11-/m0/s1. The number of carbonyl (C=O) groups is 1. The van der Waals surface area contributed by atoms with Gasteiger partial charge < -0.3 is 10.1 Å². The van der Waals surface area contributed by atoms with E-state index in [2.05, 4.69) is 20.6 Å². The minimum atomic E-state index is -3.01.